The Bertz CT molecular complexity index is 1090. The first kappa shape index (κ1) is 17.0. The SMILES string of the molecule is CN(C)CCCOc1cc2nc3cc(Cl)ccc3nc2c2ccccc12. The highest BCUT2D eigenvalue weighted by atomic mass is 35.5. The third kappa shape index (κ3) is 3.30. The Labute approximate surface area is 157 Å². The molecule has 0 unspecified atom stereocenters. The van der Waals surface area contributed by atoms with Crippen molar-refractivity contribution in [3.05, 3.63) is 53.6 Å². The second kappa shape index (κ2) is 7.06. The monoisotopic (exact) mass is 365 g/mol. The van der Waals surface area contributed by atoms with Gasteiger partial charge in [0, 0.05) is 28.4 Å². The molecule has 4 aromatic rings. The molecule has 26 heavy (non-hydrogen) atoms. The van der Waals surface area contributed by atoms with Gasteiger partial charge in [0.2, 0.25) is 0 Å². The fourth-order valence-corrected chi connectivity index (χ4v) is 3.30. The summed E-state index contributed by atoms with van der Waals surface area (Å²) in [6.07, 6.45) is 0.971. The molecule has 1 heterocycles. The maximum atomic E-state index is 6.11. The van der Waals surface area contributed by atoms with Crippen LogP contribution in [0.15, 0.2) is 48.5 Å². The smallest absolute Gasteiger partial charge is 0.129 e. The predicted octanol–water partition coefficient (Wildman–Crippen LogP) is 4.92. The molecule has 0 fully saturated rings. The summed E-state index contributed by atoms with van der Waals surface area (Å²) in [6.45, 7) is 1.66. The van der Waals surface area contributed by atoms with E-state index in [0.717, 1.165) is 51.6 Å². The summed E-state index contributed by atoms with van der Waals surface area (Å²) < 4.78 is 6.09. The Hall–Kier alpha value is -2.43. The van der Waals surface area contributed by atoms with Crippen LogP contribution in [-0.2, 0) is 0 Å². The van der Waals surface area contributed by atoms with Crippen molar-refractivity contribution in [2.75, 3.05) is 27.2 Å². The predicted molar refractivity (Wildman–Crippen MR) is 108 cm³/mol. The van der Waals surface area contributed by atoms with Gasteiger partial charge in [-0.15, -0.1) is 0 Å². The molecule has 0 aliphatic rings. The number of halogens is 1. The maximum Gasteiger partial charge on any atom is 0.129 e. The molecular weight excluding hydrogens is 346 g/mol. The standard InChI is InChI=1S/C21H20ClN3O/c1-25(2)10-5-11-26-20-13-19-21(16-7-4-3-6-15(16)20)24-17-9-8-14(22)12-18(17)23-19/h3-4,6-9,12-13H,5,10-11H2,1-2H3. The van der Waals surface area contributed by atoms with E-state index in [-0.39, 0.29) is 0 Å². The fourth-order valence-electron chi connectivity index (χ4n) is 3.13. The third-order valence-corrected chi connectivity index (χ3v) is 4.61. The molecule has 1 aromatic heterocycles. The van der Waals surface area contributed by atoms with E-state index in [2.05, 4.69) is 31.1 Å². The van der Waals surface area contributed by atoms with Crippen molar-refractivity contribution in [2.45, 2.75) is 6.42 Å². The van der Waals surface area contributed by atoms with Crippen LogP contribution in [0.5, 0.6) is 5.75 Å². The van der Waals surface area contributed by atoms with Crippen molar-refractivity contribution in [2.24, 2.45) is 0 Å². The molecule has 0 atom stereocenters. The van der Waals surface area contributed by atoms with Gasteiger partial charge >= 0.3 is 0 Å². The third-order valence-electron chi connectivity index (χ3n) is 4.38. The lowest BCUT2D eigenvalue weighted by molar-refractivity contribution is 0.284. The van der Waals surface area contributed by atoms with Gasteiger partial charge in [0.15, 0.2) is 0 Å². The van der Waals surface area contributed by atoms with E-state index >= 15 is 0 Å². The molecule has 0 N–H and O–H groups in total. The summed E-state index contributed by atoms with van der Waals surface area (Å²) in [6, 6.07) is 15.8. The number of rotatable bonds is 5. The Balaban J connectivity index is 1.83. The van der Waals surface area contributed by atoms with E-state index in [1.165, 1.54) is 0 Å². The van der Waals surface area contributed by atoms with Gasteiger partial charge in [0.1, 0.15) is 5.75 Å². The van der Waals surface area contributed by atoms with Crippen molar-refractivity contribution in [3.63, 3.8) is 0 Å². The average molecular weight is 366 g/mol. The molecule has 0 saturated heterocycles. The second-order valence-electron chi connectivity index (χ2n) is 6.65. The van der Waals surface area contributed by atoms with Gasteiger partial charge in [-0.25, -0.2) is 9.97 Å². The number of hydrogen-bond donors (Lipinski definition) is 0. The van der Waals surface area contributed by atoms with E-state index in [1.54, 1.807) is 0 Å². The number of benzene rings is 3. The van der Waals surface area contributed by atoms with Crippen LogP contribution in [0.3, 0.4) is 0 Å². The van der Waals surface area contributed by atoms with Crippen molar-refractivity contribution in [3.8, 4) is 5.75 Å². The van der Waals surface area contributed by atoms with Crippen LogP contribution in [-0.4, -0.2) is 42.1 Å². The normalized spacial score (nSPS) is 11.7. The van der Waals surface area contributed by atoms with Crippen LogP contribution in [0, 0.1) is 0 Å². The lowest BCUT2D eigenvalue weighted by Gasteiger charge is -2.13. The number of aromatic nitrogens is 2. The zero-order valence-corrected chi connectivity index (χ0v) is 15.6. The van der Waals surface area contributed by atoms with Crippen molar-refractivity contribution in [1.82, 2.24) is 14.9 Å². The van der Waals surface area contributed by atoms with E-state index in [0.29, 0.717) is 11.6 Å². The highest BCUT2D eigenvalue weighted by Crippen LogP contribution is 2.33. The van der Waals surface area contributed by atoms with Gasteiger partial charge < -0.3 is 9.64 Å². The molecule has 0 saturated carbocycles. The lowest BCUT2D eigenvalue weighted by atomic mass is 10.1. The number of nitrogens with zero attached hydrogens (tertiary/aromatic N) is 3. The minimum Gasteiger partial charge on any atom is -0.493 e. The summed E-state index contributed by atoms with van der Waals surface area (Å²) in [7, 11) is 4.13. The number of hydrogen-bond acceptors (Lipinski definition) is 4. The Morgan fingerprint density at radius 1 is 0.923 bits per heavy atom. The van der Waals surface area contributed by atoms with Gasteiger partial charge in [-0.05, 0) is 38.7 Å². The zero-order valence-electron chi connectivity index (χ0n) is 14.9. The van der Waals surface area contributed by atoms with Crippen LogP contribution in [0.4, 0.5) is 0 Å². The highest BCUT2D eigenvalue weighted by molar-refractivity contribution is 6.31. The average Bonchev–Trinajstić information content (AvgIpc) is 2.63. The molecule has 4 rings (SSSR count). The van der Waals surface area contributed by atoms with Gasteiger partial charge in [-0.3, -0.25) is 0 Å². The van der Waals surface area contributed by atoms with Gasteiger partial charge in [-0.1, -0.05) is 35.9 Å². The van der Waals surface area contributed by atoms with Crippen LogP contribution in [0.25, 0.3) is 32.8 Å². The molecule has 0 spiro atoms. The molecule has 0 amide bonds. The lowest BCUT2D eigenvalue weighted by Crippen LogP contribution is -2.15. The fraction of sp³-hybridized carbons (Fsp3) is 0.238. The van der Waals surface area contributed by atoms with E-state index in [9.17, 15) is 0 Å². The quantitative estimate of drug-likeness (QED) is 0.286. The minimum absolute atomic E-state index is 0.659. The molecule has 5 heteroatoms. The summed E-state index contributed by atoms with van der Waals surface area (Å²) in [5.74, 6) is 0.850. The van der Waals surface area contributed by atoms with Crippen molar-refractivity contribution < 1.29 is 4.74 Å². The Morgan fingerprint density at radius 2 is 1.73 bits per heavy atom. The first-order chi connectivity index (χ1) is 12.6. The molecule has 132 valence electrons. The molecule has 3 aromatic carbocycles. The summed E-state index contributed by atoms with van der Waals surface area (Å²) in [4.78, 5) is 11.8. The molecular formula is C21H20ClN3O. The van der Waals surface area contributed by atoms with Gasteiger partial charge in [0.05, 0.1) is 28.7 Å². The van der Waals surface area contributed by atoms with E-state index in [1.807, 2.05) is 36.4 Å². The van der Waals surface area contributed by atoms with Gasteiger partial charge in [-0.2, -0.15) is 0 Å². The van der Waals surface area contributed by atoms with Crippen LogP contribution in [0.1, 0.15) is 6.42 Å². The van der Waals surface area contributed by atoms with E-state index in [4.69, 9.17) is 26.3 Å². The first-order valence-corrected chi connectivity index (χ1v) is 9.06. The van der Waals surface area contributed by atoms with Crippen molar-refractivity contribution >= 4 is 44.4 Å². The van der Waals surface area contributed by atoms with Crippen LogP contribution >= 0.6 is 11.6 Å². The Morgan fingerprint density at radius 3 is 2.54 bits per heavy atom. The first-order valence-electron chi connectivity index (χ1n) is 8.68. The number of ether oxygens (including phenoxy) is 1. The largest absolute Gasteiger partial charge is 0.493 e. The summed E-state index contributed by atoms with van der Waals surface area (Å²) >= 11 is 6.11. The van der Waals surface area contributed by atoms with Crippen LogP contribution < -0.4 is 4.74 Å². The van der Waals surface area contributed by atoms with E-state index < -0.39 is 0 Å². The van der Waals surface area contributed by atoms with Gasteiger partial charge in [0.25, 0.3) is 0 Å². The molecule has 0 aliphatic heterocycles. The molecule has 4 nitrogen and oxygen atoms in total. The maximum absolute atomic E-state index is 6.11. The minimum atomic E-state index is 0.659. The van der Waals surface area contributed by atoms with Crippen LogP contribution in [0.2, 0.25) is 5.02 Å². The zero-order chi connectivity index (χ0) is 18.1. The molecule has 0 aliphatic carbocycles. The Kier molecular flexibility index (Phi) is 4.62. The summed E-state index contributed by atoms with van der Waals surface area (Å²) in [5.41, 5.74) is 3.34. The molecule has 0 radical (unpaired) electrons. The highest BCUT2D eigenvalue weighted by Gasteiger charge is 2.11. The topological polar surface area (TPSA) is 38.2 Å². The van der Waals surface area contributed by atoms with Crippen molar-refractivity contribution in [1.29, 1.82) is 0 Å². The summed E-state index contributed by atoms with van der Waals surface area (Å²) in [5, 5.41) is 2.77. The number of fused-ring (bicyclic) bond motifs is 4. The molecule has 0 bridgehead atoms. The second-order valence-corrected chi connectivity index (χ2v) is 7.09.